The lowest BCUT2D eigenvalue weighted by molar-refractivity contribution is 0.0951. The number of nitrogens with zero attached hydrogens (tertiary/aromatic N) is 2. The summed E-state index contributed by atoms with van der Waals surface area (Å²) in [6.07, 6.45) is 0. The number of amides is 1. The molecule has 1 aromatic heterocycles. The number of hydrazone groups is 1. The molecule has 0 saturated carbocycles. The third-order valence-corrected chi connectivity index (χ3v) is 3.38. The van der Waals surface area contributed by atoms with Crippen molar-refractivity contribution in [3.8, 4) is 11.5 Å². The zero-order valence-corrected chi connectivity index (χ0v) is 12.2. The first-order valence-electron chi connectivity index (χ1n) is 6.86. The van der Waals surface area contributed by atoms with E-state index in [4.69, 9.17) is 0 Å². The summed E-state index contributed by atoms with van der Waals surface area (Å²) < 4.78 is 0. The first-order valence-corrected chi connectivity index (χ1v) is 6.86. The summed E-state index contributed by atoms with van der Waals surface area (Å²) in [5.74, 6) is -0.628. The second-order valence-corrected chi connectivity index (χ2v) is 4.96. The number of phenolic OH excluding ortho intramolecular Hbond substituents is 2. The molecule has 0 aliphatic heterocycles. The molecule has 1 heterocycles. The van der Waals surface area contributed by atoms with Gasteiger partial charge in [0.15, 0.2) is 5.69 Å². The second-order valence-electron chi connectivity index (χ2n) is 4.96. The van der Waals surface area contributed by atoms with Gasteiger partial charge in [0.05, 0.1) is 11.2 Å². The van der Waals surface area contributed by atoms with Crippen LogP contribution in [0.4, 0.5) is 0 Å². The average molecular weight is 310 g/mol. The van der Waals surface area contributed by atoms with Gasteiger partial charge in [-0.1, -0.05) is 18.2 Å². The number of para-hydroxylation sites is 1. The Bertz CT molecular complexity index is 915. The number of H-pyrrole nitrogens is 1. The highest BCUT2D eigenvalue weighted by atomic mass is 16.3. The van der Waals surface area contributed by atoms with Crippen molar-refractivity contribution < 1.29 is 15.0 Å². The molecule has 0 atom stereocenters. The van der Waals surface area contributed by atoms with Gasteiger partial charge in [0, 0.05) is 17.0 Å². The molecule has 116 valence electrons. The van der Waals surface area contributed by atoms with Crippen LogP contribution in [-0.2, 0) is 0 Å². The van der Waals surface area contributed by atoms with Gasteiger partial charge in [0.2, 0.25) is 0 Å². The topological polar surface area (TPSA) is 111 Å². The van der Waals surface area contributed by atoms with Crippen LogP contribution in [0.2, 0.25) is 0 Å². The van der Waals surface area contributed by atoms with Gasteiger partial charge in [-0.25, -0.2) is 5.43 Å². The summed E-state index contributed by atoms with van der Waals surface area (Å²) in [6, 6.07) is 11.4. The Morgan fingerprint density at radius 1 is 1.22 bits per heavy atom. The van der Waals surface area contributed by atoms with Crippen LogP contribution in [0.15, 0.2) is 47.6 Å². The Morgan fingerprint density at radius 2 is 2.00 bits per heavy atom. The molecule has 0 saturated heterocycles. The maximum Gasteiger partial charge on any atom is 0.292 e. The summed E-state index contributed by atoms with van der Waals surface area (Å²) in [5.41, 5.74) is 4.22. The van der Waals surface area contributed by atoms with Crippen molar-refractivity contribution in [1.82, 2.24) is 15.6 Å². The first kappa shape index (κ1) is 14.6. The molecule has 0 aliphatic rings. The van der Waals surface area contributed by atoms with Crippen molar-refractivity contribution in [2.45, 2.75) is 6.92 Å². The van der Waals surface area contributed by atoms with Crippen LogP contribution in [-0.4, -0.2) is 32.0 Å². The fraction of sp³-hybridized carbons (Fsp3) is 0.0625. The largest absolute Gasteiger partial charge is 0.508 e. The Morgan fingerprint density at radius 3 is 2.78 bits per heavy atom. The van der Waals surface area contributed by atoms with E-state index in [1.165, 1.54) is 18.2 Å². The molecule has 3 rings (SSSR count). The number of aromatic amines is 1. The van der Waals surface area contributed by atoms with E-state index in [1.807, 2.05) is 18.2 Å². The van der Waals surface area contributed by atoms with Gasteiger partial charge in [0.1, 0.15) is 11.5 Å². The van der Waals surface area contributed by atoms with Crippen molar-refractivity contribution in [2.75, 3.05) is 0 Å². The number of aromatic hydroxyl groups is 2. The lowest BCUT2D eigenvalue weighted by atomic mass is 10.1. The van der Waals surface area contributed by atoms with Crippen LogP contribution in [0.1, 0.15) is 23.0 Å². The zero-order chi connectivity index (χ0) is 16.4. The molecular formula is C16H14N4O3. The Balaban J connectivity index is 1.82. The molecule has 7 nitrogen and oxygen atoms in total. The summed E-state index contributed by atoms with van der Waals surface area (Å²) in [4.78, 5) is 12.2. The van der Waals surface area contributed by atoms with Gasteiger partial charge < -0.3 is 10.2 Å². The Hall–Kier alpha value is -3.35. The fourth-order valence-electron chi connectivity index (χ4n) is 2.21. The van der Waals surface area contributed by atoms with E-state index >= 15 is 0 Å². The van der Waals surface area contributed by atoms with Gasteiger partial charge in [-0.05, 0) is 25.1 Å². The van der Waals surface area contributed by atoms with Gasteiger partial charge >= 0.3 is 0 Å². The van der Waals surface area contributed by atoms with Gasteiger partial charge in [0.25, 0.3) is 5.91 Å². The van der Waals surface area contributed by atoms with Crippen molar-refractivity contribution in [3.05, 3.63) is 53.7 Å². The van der Waals surface area contributed by atoms with E-state index in [-0.39, 0.29) is 17.2 Å². The minimum Gasteiger partial charge on any atom is -0.508 e. The quantitative estimate of drug-likeness (QED) is 0.438. The van der Waals surface area contributed by atoms with Gasteiger partial charge in [-0.15, -0.1) is 0 Å². The van der Waals surface area contributed by atoms with Crippen molar-refractivity contribution in [2.24, 2.45) is 5.10 Å². The zero-order valence-electron chi connectivity index (χ0n) is 12.2. The van der Waals surface area contributed by atoms with E-state index in [0.29, 0.717) is 16.7 Å². The minimum absolute atomic E-state index is 0.0499. The highest BCUT2D eigenvalue weighted by Crippen LogP contribution is 2.23. The smallest absolute Gasteiger partial charge is 0.292 e. The van der Waals surface area contributed by atoms with E-state index in [0.717, 1.165) is 5.52 Å². The maximum absolute atomic E-state index is 12.2. The van der Waals surface area contributed by atoms with E-state index in [9.17, 15) is 15.0 Å². The van der Waals surface area contributed by atoms with Crippen molar-refractivity contribution in [1.29, 1.82) is 0 Å². The molecule has 0 bridgehead atoms. The molecule has 3 aromatic rings. The minimum atomic E-state index is -0.458. The standard InChI is InChI=1S/C16H14N4O3/c1-9(11-7-6-10(21)8-14(11)22)17-20-16(23)15-12-4-2-3-5-13(12)18-19-15/h2-8,21-22H,1H3,(H,18,19)(H,20,23)/b17-9+. The molecular weight excluding hydrogens is 296 g/mol. The summed E-state index contributed by atoms with van der Waals surface area (Å²) in [6.45, 7) is 1.63. The predicted molar refractivity (Wildman–Crippen MR) is 85.5 cm³/mol. The second kappa shape index (κ2) is 5.80. The number of benzene rings is 2. The number of hydrogen-bond acceptors (Lipinski definition) is 5. The Kier molecular flexibility index (Phi) is 3.68. The van der Waals surface area contributed by atoms with Crippen molar-refractivity contribution >= 4 is 22.5 Å². The fourth-order valence-corrected chi connectivity index (χ4v) is 2.21. The van der Waals surface area contributed by atoms with Crippen LogP contribution in [0.25, 0.3) is 10.9 Å². The normalized spacial score (nSPS) is 11.6. The first-order chi connectivity index (χ1) is 11.1. The molecule has 1 amide bonds. The molecule has 0 spiro atoms. The number of aromatic nitrogens is 2. The van der Waals surface area contributed by atoms with Crippen LogP contribution in [0, 0.1) is 0 Å². The van der Waals surface area contributed by atoms with Crippen LogP contribution in [0.3, 0.4) is 0 Å². The summed E-state index contributed by atoms with van der Waals surface area (Å²) in [5, 5.41) is 30.5. The SMILES string of the molecule is C/C(=N\NC(=O)c1n[nH]c2ccccc12)c1ccc(O)cc1O. The van der Waals surface area contributed by atoms with Crippen LogP contribution < -0.4 is 5.43 Å². The number of hydrogen-bond donors (Lipinski definition) is 4. The lowest BCUT2D eigenvalue weighted by Crippen LogP contribution is -2.20. The molecule has 7 heteroatoms. The lowest BCUT2D eigenvalue weighted by Gasteiger charge is -2.05. The average Bonchev–Trinajstić information content (AvgIpc) is 2.96. The van der Waals surface area contributed by atoms with Gasteiger partial charge in [-0.2, -0.15) is 10.2 Å². The number of carbonyl (C=O) groups is 1. The maximum atomic E-state index is 12.2. The number of nitrogens with one attached hydrogen (secondary N) is 2. The number of fused-ring (bicyclic) bond motifs is 1. The van der Waals surface area contributed by atoms with E-state index < -0.39 is 5.91 Å². The summed E-state index contributed by atoms with van der Waals surface area (Å²) >= 11 is 0. The number of phenols is 2. The van der Waals surface area contributed by atoms with E-state index in [1.54, 1.807) is 13.0 Å². The number of rotatable bonds is 3. The molecule has 0 radical (unpaired) electrons. The van der Waals surface area contributed by atoms with Crippen molar-refractivity contribution in [3.63, 3.8) is 0 Å². The molecule has 0 aliphatic carbocycles. The molecule has 0 unspecified atom stereocenters. The molecule has 0 fully saturated rings. The van der Waals surface area contributed by atoms with Gasteiger partial charge in [-0.3, -0.25) is 9.89 Å². The predicted octanol–water partition coefficient (Wildman–Crippen LogP) is 2.13. The highest BCUT2D eigenvalue weighted by Gasteiger charge is 2.13. The summed E-state index contributed by atoms with van der Waals surface area (Å²) in [7, 11) is 0. The highest BCUT2D eigenvalue weighted by molar-refractivity contribution is 6.06. The van der Waals surface area contributed by atoms with Crippen LogP contribution in [0.5, 0.6) is 11.5 Å². The van der Waals surface area contributed by atoms with Crippen LogP contribution >= 0.6 is 0 Å². The van der Waals surface area contributed by atoms with E-state index in [2.05, 4.69) is 20.7 Å². The third kappa shape index (κ3) is 2.84. The Labute approximate surface area is 131 Å². The monoisotopic (exact) mass is 310 g/mol. The molecule has 2 aromatic carbocycles. The number of carbonyl (C=O) groups excluding carboxylic acids is 1. The third-order valence-electron chi connectivity index (χ3n) is 3.38. The molecule has 23 heavy (non-hydrogen) atoms. The molecule has 4 N–H and O–H groups in total.